The Morgan fingerprint density at radius 3 is 2.95 bits per heavy atom. The van der Waals surface area contributed by atoms with Crippen molar-refractivity contribution >= 4 is 35.0 Å². The summed E-state index contributed by atoms with van der Waals surface area (Å²) in [4.78, 5) is 40.1. The number of carbonyl (C=O) groups excluding carboxylic acids is 3. The monoisotopic (exact) mass is 296 g/mol. The van der Waals surface area contributed by atoms with Crippen LogP contribution in [0.25, 0.3) is 0 Å². The highest BCUT2D eigenvalue weighted by molar-refractivity contribution is 6.29. The Balaban J connectivity index is 2.14. The van der Waals surface area contributed by atoms with E-state index in [9.17, 15) is 14.4 Å². The SMILES string of the molecule is CN1C(=O)CCC(NC(=O)c2cc(Cl)ncc2N)C1=O. The standard InChI is InChI=1S/C12H13ClN4O3/c1-17-10(18)3-2-8(12(17)20)16-11(19)6-4-9(13)15-5-7(6)14/h4-5,8H,2-3,14H2,1H3,(H,16,19). The summed E-state index contributed by atoms with van der Waals surface area (Å²) in [6, 6.07) is 0.588. The number of nitrogen functional groups attached to an aromatic ring is 1. The van der Waals surface area contributed by atoms with E-state index >= 15 is 0 Å². The first-order valence-electron chi connectivity index (χ1n) is 5.92. The molecule has 1 aliphatic heterocycles. The summed E-state index contributed by atoms with van der Waals surface area (Å²) in [5.74, 6) is -1.21. The molecule has 2 rings (SSSR count). The van der Waals surface area contributed by atoms with Gasteiger partial charge in [-0.15, -0.1) is 0 Å². The largest absolute Gasteiger partial charge is 0.397 e. The molecule has 0 radical (unpaired) electrons. The molecule has 0 spiro atoms. The Morgan fingerprint density at radius 2 is 2.25 bits per heavy atom. The molecule has 1 atom stereocenters. The van der Waals surface area contributed by atoms with E-state index in [1.807, 2.05) is 0 Å². The average molecular weight is 297 g/mol. The molecule has 0 aliphatic carbocycles. The summed E-state index contributed by atoms with van der Waals surface area (Å²) in [7, 11) is 1.39. The molecule has 20 heavy (non-hydrogen) atoms. The molecule has 2 heterocycles. The predicted molar refractivity (Wildman–Crippen MR) is 71.9 cm³/mol. The second-order valence-electron chi connectivity index (χ2n) is 4.45. The van der Waals surface area contributed by atoms with Crippen LogP contribution in [0.15, 0.2) is 12.3 Å². The van der Waals surface area contributed by atoms with Crippen molar-refractivity contribution in [3.63, 3.8) is 0 Å². The number of nitrogens with zero attached hydrogens (tertiary/aromatic N) is 2. The second-order valence-corrected chi connectivity index (χ2v) is 4.84. The summed E-state index contributed by atoms with van der Waals surface area (Å²) in [6.07, 6.45) is 1.75. The van der Waals surface area contributed by atoms with Crippen LogP contribution >= 0.6 is 11.6 Å². The van der Waals surface area contributed by atoms with Gasteiger partial charge in [0.1, 0.15) is 11.2 Å². The zero-order valence-electron chi connectivity index (χ0n) is 10.7. The van der Waals surface area contributed by atoms with Crippen molar-refractivity contribution in [1.82, 2.24) is 15.2 Å². The minimum Gasteiger partial charge on any atom is -0.397 e. The Bertz CT molecular complexity index is 590. The number of likely N-dealkylation sites (N-methyl/N-ethyl adjacent to an activating group) is 1. The predicted octanol–water partition coefficient (Wildman–Crippen LogP) is 0.194. The molecule has 3 N–H and O–H groups in total. The maximum atomic E-state index is 12.1. The first-order valence-corrected chi connectivity index (χ1v) is 6.30. The number of piperidine rings is 1. The van der Waals surface area contributed by atoms with Crippen molar-refractivity contribution in [3.8, 4) is 0 Å². The Hall–Kier alpha value is -2.15. The van der Waals surface area contributed by atoms with Gasteiger partial charge in [0.25, 0.3) is 11.8 Å². The number of pyridine rings is 1. The molecular formula is C12H13ClN4O3. The molecule has 8 heteroatoms. The molecule has 0 bridgehead atoms. The number of imide groups is 1. The Kier molecular flexibility index (Phi) is 3.89. The first kappa shape index (κ1) is 14.3. The quantitative estimate of drug-likeness (QED) is 0.599. The number of carbonyl (C=O) groups is 3. The van der Waals surface area contributed by atoms with Gasteiger partial charge in [-0.25, -0.2) is 4.98 Å². The normalized spacial score (nSPS) is 19.1. The molecule has 1 unspecified atom stereocenters. The maximum Gasteiger partial charge on any atom is 0.254 e. The van der Waals surface area contributed by atoms with E-state index in [2.05, 4.69) is 10.3 Å². The lowest BCUT2D eigenvalue weighted by Crippen LogP contribution is -2.53. The van der Waals surface area contributed by atoms with Crippen LogP contribution in [0.2, 0.25) is 5.15 Å². The van der Waals surface area contributed by atoms with Gasteiger partial charge in [0.05, 0.1) is 17.4 Å². The molecule has 7 nitrogen and oxygen atoms in total. The molecule has 1 saturated heterocycles. The van der Waals surface area contributed by atoms with Gasteiger partial charge in [0.15, 0.2) is 0 Å². The molecule has 1 fully saturated rings. The van der Waals surface area contributed by atoms with Gasteiger partial charge in [0.2, 0.25) is 5.91 Å². The summed E-state index contributed by atoms with van der Waals surface area (Å²) in [5, 5.41) is 2.69. The number of aromatic nitrogens is 1. The van der Waals surface area contributed by atoms with Crippen LogP contribution in [0.3, 0.4) is 0 Å². The third-order valence-corrected chi connectivity index (χ3v) is 3.31. The van der Waals surface area contributed by atoms with Crippen molar-refractivity contribution in [1.29, 1.82) is 0 Å². The van der Waals surface area contributed by atoms with E-state index in [-0.39, 0.29) is 35.2 Å². The van der Waals surface area contributed by atoms with Crippen LogP contribution in [0.4, 0.5) is 5.69 Å². The summed E-state index contributed by atoms with van der Waals surface area (Å²) in [6.45, 7) is 0. The smallest absolute Gasteiger partial charge is 0.254 e. The highest BCUT2D eigenvalue weighted by atomic mass is 35.5. The van der Waals surface area contributed by atoms with Crippen LogP contribution in [0.1, 0.15) is 23.2 Å². The molecule has 106 valence electrons. The van der Waals surface area contributed by atoms with Crippen molar-refractivity contribution in [2.24, 2.45) is 0 Å². The fourth-order valence-electron chi connectivity index (χ4n) is 1.92. The van der Waals surface area contributed by atoms with E-state index in [0.29, 0.717) is 0 Å². The fraction of sp³-hybridized carbons (Fsp3) is 0.333. The van der Waals surface area contributed by atoms with Gasteiger partial charge in [0, 0.05) is 13.5 Å². The molecule has 1 aromatic rings. The highest BCUT2D eigenvalue weighted by Crippen LogP contribution is 2.17. The van der Waals surface area contributed by atoms with Crippen molar-refractivity contribution in [2.45, 2.75) is 18.9 Å². The van der Waals surface area contributed by atoms with Gasteiger partial charge in [-0.1, -0.05) is 11.6 Å². The van der Waals surface area contributed by atoms with Crippen molar-refractivity contribution in [3.05, 3.63) is 23.0 Å². The molecule has 1 aromatic heterocycles. The van der Waals surface area contributed by atoms with E-state index in [4.69, 9.17) is 17.3 Å². The number of hydrogen-bond donors (Lipinski definition) is 2. The summed E-state index contributed by atoms with van der Waals surface area (Å²) < 4.78 is 0. The number of rotatable bonds is 2. The van der Waals surface area contributed by atoms with E-state index in [1.165, 1.54) is 19.3 Å². The summed E-state index contributed by atoms with van der Waals surface area (Å²) in [5.41, 5.74) is 5.96. The third-order valence-electron chi connectivity index (χ3n) is 3.10. The zero-order valence-corrected chi connectivity index (χ0v) is 11.5. The zero-order chi connectivity index (χ0) is 14.9. The first-order chi connectivity index (χ1) is 9.40. The van der Waals surface area contributed by atoms with Crippen LogP contribution < -0.4 is 11.1 Å². The minimum absolute atomic E-state index is 0.131. The second kappa shape index (κ2) is 5.46. The lowest BCUT2D eigenvalue weighted by Gasteiger charge is -2.28. The Labute approximate surface area is 120 Å². The molecular weight excluding hydrogens is 284 g/mol. The van der Waals surface area contributed by atoms with Crippen LogP contribution in [0, 0.1) is 0 Å². The van der Waals surface area contributed by atoms with Crippen LogP contribution in [0.5, 0.6) is 0 Å². The number of likely N-dealkylation sites (tertiary alicyclic amines) is 1. The van der Waals surface area contributed by atoms with Gasteiger partial charge >= 0.3 is 0 Å². The number of nitrogens with two attached hydrogens (primary N) is 1. The van der Waals surface area contributed by atoms with E-state index < -0.39 is 17.9 Å². The van der Waals surface area contributed by atoms with Crippen molar-refractivity contribution in [2.75, 3.05) is 12.8 Å². The minimum atomic E-state index is -0.739. The van der Waals surface area contributed by atoms with E-state index in [1.54, 1.807) is 0 Å². The molecule has 0 saturated carbocycles. The Morgan fingerprint density at radius 1 is 1.55 bits per heavy atom. The van der Waals surface area contributed by atoms with Crippen LogP contribution in [-0.4, -0.2) is 40.7 Å². The van der Waals surface area contributed by atoms with Gasteiger partial charge < -0.3 is 11.1 Å². The summed E-state index contributed by atoms with van der Waals surface area (Å²) >= 11 is 5.71. The third kappa shape index (κ3) is 2.72. The number of hydrogen-bond acceptors (Lipinski definition) is 5. The number of nitrogens with one attached hydrogen (secondary N) is 1. The lowest BCUT2D eigenvalue weighted by molar-refractivity contribution is -0.147. The van der Waals surface area contributed by atoms with Gasteiger partial charge in [-0.3, -0.25) is 19.3 Å². The van der Waals surface area contributed by atoms with Gasteiger partial charge in [-0.2, -0.15) is 0 Å². The van der Waals surface area contributed by atoms with Gasteiger partial charge in [-0.05, 0) is 12.5 Å². The highest BCUT2D eigenvalue weighted by Gasteiger charge is 2.33. The average Bonchev–Trinajstić information content (AvgIpc) is 2.42. The van der Waals surface area contributed by atoms with Crippen LogP contribution in [-0.2, 0) is 9.59 Å². The van der Waals surface area contributed by atoms with Crippen molar-refractivity contribution < 1.29 is 14.4 Å². The maximum absolute atomic E-state index is 12.1. The molecule has 3 amide bonds. The number of anilines is 1. The number of halogens is 1. The molecule has 0 aromatic carbocycles. The fourth-order valence-corrected chi connectivity index (χ4v) is 2.08. The topological polar surface area (TPSA) is 105 Å². The number of amides is 3. The molecule has 1 aliphatic rings. The van der Waals surface area contributed by atoms with E-state index in [0.717, 1.165) is 4.90 Å². The lowest BCUT2D eigenvalue weighted by atomic mass is 10.0.